The van der Waals surface area contributed by atoms with Crippen molar-refractivity contribution in [3.05, 3.63) is 83.7 Å². The molecule has 0 aliphatic carbocycles. The number of hydrogen-bond acceptors (Lipinski definition) is 3. The lowest BCUT2D eigenvalue weighted by Crippen LogP contribution is -2.41. The summed E-state index contributed by atoms with van der Waals surface area (Å²) in [6.07, 6.45) is 5.91. The number of rotatable bonds is 5. The van der Waals surface area contributed by atoms with Gasteiger partial charge in [-0.2, -0.15) is 0 Å². The van der Waals surface area contributed by atoms with Crippen LogP contribution in [0.3, 0.4) is 0 Å². The van der Waals surface area contributed by atoms with Crippen LogP contribution in [-0.4, -0.2) is 61.1 Å². The first kappa shape index (κ1) is 24.6. The number of carbonyl (C=O) groups is 1. The fourth-order valence-corrected chi connectivity index (χ4v) is 6.88. The quantitative estimate of drug-likeness (QED) is 0.423. The zero-order valence-electron chi connectivity index (χ0n) is 21.5. The van der Waals surface area contributed by atoms with Crippen LogP contribution >= 0.6 is 0 Å². The molecule has 0 N–H and O–H groups in total. The number of halogens is 1. The molecule has 0 aromatic heterocycles. The number of ether oxygens (including phenoxy) is 1. The molecule has 3 aliphatic rings. The average molecular weight is 501 g/mol. The van der Waals surface area contributed by atoms with Crippen molar-refractivity contribution in [2.75, 3.05) is 39.3 Å². The largest absolute Gasteiger partial charge is 0.378 e. The zero-order chi connectivity index (χ0) is 25.2. The third kappa shape index (κ3) is 5.30. The van der Waals surface area contributed by atoms with Crippen molar-refractivity contribution >= 4 is 16.7 Å². The monoisotopic (exact) mass is 500 g/mol. The third-order valence-corrected chi connectivity index (χ3v) is 8.91. The van der Waals surface area contributed by atoms with Gasteiger partial charge in [0.2, 0.25) is 0 Å². The molecular weight excluding hydrogens is 463 g/mol. The molecule has 1 amide bonds. The van der Waals surface area contributed by atoms with Crippen molar-refractivity contribution in [1.29, 1.82) is 0 Å². The second-order valence-corrected chi connectivity index (χ2v) is 11.2. The van der Waals surface area contributed by atoms with E-state index in [4.69, 9.17) is 4.74 Å². The molecule has 5 heteroatoms. The molecule has 3 aromatic rings. The van der Waals surface area contributed by atoms with E-state index < -0.39 is 0 Å². The van der Waals surface area contributed by atoms with Crippen LogP contribution in [0.2, 0.25) is 0 Å². The summed E-state index contributed by atoms with van der Waals surface area (Å²) < 4.78 is 19.6. The Labute approximate surface area is 219 Å². The SMILES string of the molecule is O=C(c1cccc2ccccc12)N1CC(CN2CCC(c3ccc(F)cc3)CC2)C(C2CCCCO2)C1. The van der Waals surface area contributed by atoms with Crippen molar-refractivity contribution < 1.29 is 13.9 Å². The van der Waals surface area contributed by atoms with Gasteiger partial charge < -0.3 is 14.5 Å². The second-order valence-electron chi connectivity index (χ2n) is 11.2. The van der Waals surface area contributed by atoms with Crippen LogP contribution in [-0.2, 0) is 4.74 Å². The maximum atomic E-state index is 13.8. The minimum absolute atomic E-state index is 0.148. The van der Waals surface area contributed by atoms with Crippen LogP contribution in [0.15, 0.2) is 66.7 Å². The van der Waals surface area contributed by atoms with Crippen molar-refractivity contribution in [2.24, 2.45) is 11.8 Å². The summed E-state index contributed by atoms with van der Waals surface area (Å²) >= 11 is 0. The van der Waals surface area contributed by atoms with Crippen molar-refractivity contribution in [1.82, 2.24) is 9.80 Å². The van der Waals surface area contributed by atoms with Gasteiger partial charge in [0.25, 0.3) is 5.91 Å². The van der Waals surface area contributed by atoms with Crippen LogP contribution in [0, 0.1) is 17.7 Å². The highest BCUT2D eigenvalue weighted by atomic mass is 19.1. The van der Waals surface area contributed by atoms with Crippen LogP contribution < -0.4 is 0 Å². The fraction of sp³-hybridized carbons (Fsp3) is 0.469. The van der Waals surface area contributed by atoms with Crippen molar-refractivity contribution in [3.63, 3.8) is 0 Å². The summed E-state index contributed by atoms with van der Waals surface area (Å²) in [5, 5.41) is 2.15. The molecule has 4 nitrogen and oxygen atoms in total. The normalized spacial score (nSPS) is 25.5. The third-order valence-electron chi connectivity index (χ3n) is 8.91. The lowest BCUT2D eigenvalue weighted by molar-refractivity contribution is -0.0316. The van der Waals surface area contributed by atoms with E-state index in [1.165, 1.54) is 12.0 Å². The Hall–Kier alpha value is -2.76. The van der Waals surface area contributed by atoms with Crippen molar-refractivity contribution in [2.45, 2.75) is 44.1 Å². The number of amides is 1. The number of carbonyl (C=O) groups excluding carboxylic acids is 1. The van der Waals surface area contributed by atoms with E-state index in [1.54, 1.807) is 12.1 Å². The summed E-state index contributed by atoms with van der Waals surface area (Å²) in [7, 11) is 0. The van der Waals surface area contributed by atoms with Gasteiger partial charge in [0, 0.05) is 37.7 Å². The van der Waals surface area contributed by atoms with Gasteiger partial charge in [-0.3, -0.25) is 4.79 Å². The van der Waals surface area contributed by atoms with Gasteiger partial charge in [0.1, 0.15) is 5.82 Å². The molecule has 3 heterocycles. The number of piperidine rings is 1. The molecule has 3 aromatic carbocycles. The van der Waals surface area contributed by atoms with E-state index in [0.29, 0.717) is 17.8 Å². The van der Waals surface area contributed by atoms with Gasteiger partial charge in [-0.05, 0) is 91.6 Å². The first-order chi connectivity index (χ1) is 18.2. The Bertz CT molecular complexity index is 1210. The molecule has 0 spiro atoms. The number of fused-ring (bicyclic) bond motifs is 1. The zero-order valence-corrected chi connectivity index (χ0v) is 21.5. The maximum Gasteiger partial charge on any atom is 0.254 e. The Morgan fingerprint density at radius 3 is 2.46 bits per heavy atom. The second kappa shape index (κ2) is 10.9. The molecule has 3 aliphatic heterocycles. The van der Waals surface area contributed by atoms with Gasteiger partial charge in [-0.15, -0.1) is 0 Å². The Morgan fingerprint density at radius 2 is 1.68 bits per heavy atom. The number of hydrogen-bond donors (Lipinski definition) is 0. The molecule has 3 fully saturated rings. The highest BCUT2D eigenvalue weighted by molar-refractivity contribution is 6.07. The minimum Gasteiger partial charge on any atom is -0.378 e. The molecule has 194 valence electrons. The highest BCUT2D eigenvalue weighted by Crippen LogP contribution is 2.36. The molecule has 6 rings (SSSR count). The summed E-state index contributed by atoms with van der Waals surface area (Å²) in [6.45, 7) is 5.53. The van der Waals surface area contributed by atoms with Gasteiger partial charge in [-0.1, -0.05) is 48.5 Å². The van der Waals surface area contributed by atoms with Crippen LogP contribution in [0.4, 0.5) is 4.39 Å². The van der Waals surface area contributed by atoms with E-state index in [0.717, 1.165) is 81.3 Å². The van der Waals surface area contributed by atoms with Gasteiger partial charge >= 0.3 is 0 Å². The summed E-state index contributed by atoms with van der Waals surface area (Å²) in [5.41, 5.74) is 2.06. The molecular formula is C32H37FN2O2. The van der Waals surface area contributed by atoms with E-state index in [1.807, 2.05) is 36.4 Å². The van der Waals surface area contributed by atoms with Gasteiger partial charge in [0.05, 0.1) is 6.10 Å². The summed E-state index contributed by atoms with van der Waals surface area (Å²) in [6, 6.07) is 21.3. The summed E-state index contributed by atoms with van der Waals surface area (Å²) in [5.74, 6) is 1.29. The van der Waals surface area contributed by atoms with E-state index >= 15 is 0 Å². The molecule has 0 bridgehead atoms. The molecule has 3 saturated heterocycles. The predicted molar refractivity (Wildman–Crippen MR) is 145 cm³/mol. The Morgan fingerprint density at radius 1 is 0.892 bits per heavy atom. The topological polar surface area (TPSA) is 32.8 Å². The fourth-order valence-electron chi connectivity index (χ4n) is 6.88. The maximum absolute atomic E-state index is 13.8. The van der Waals surface area contributed by atoms with Gasteiger partial charge in [-0.25, -0.2) is 4.39 Å². The molecule has 0 radical (unpaired) electrons. The van der Waals surface area contributed by atoms with E-state index in [-0.39, 0.29) is 17.8 Å². The summed E-state index contributed by atoms with van der Waals surface area (Å²) in [4.78, 5) is 18.5. The lowest BCUT2D eigenvalue weighted by atomic mass is 9.85. The van der Waals surface area contributed by atoms with E-state index in [9.17, 15) is 9.18 Å². The predicted octanol–water partition coefficient (Wildman–Crippen LogP) is 6.12. The van der Waals surface area contributed by atoms with Gasteiger partial charge in [0.15, 0.2) is 0 Å². The lowest BCUT2D eigenvalue weighted by Gasteiger charge is -2.36. The molecule has 3 unspecified atom stereocenters. The first-order valence-electron chi connectivity index (χ1n) is 14.0. The molecule has 3 atom stereocenters. The highest BCUT2D eigenvalue weighted by Gasteiger charge is 2.42. The number of likely N-dealkylation sites (tertiary alicyclic amines) is 2. The molecule has 0 saturated carbocycles. The minimum atomic E-state index is -0.166. The van der Waals surface area contributed by atoms with Crippen LogP contribution in [0.1, 0.15) is 53.9 Å². The molecule has 37 heavy (non-hydrogen) atoms. The van der Waals surface area contributed by atoms with E-state index in [2.05, 4.69) is 28.0 Å². The first-order valence-corrected chi connectivity index (χ1v) is 14.0. The van der Waals surface area contributed by atoms with Crippen LogP contribution in [0.5, 0.6) is 0 Å². The Kier molecular flexibility index (Phi) is 7.25. The van der Waals surface area contributed by atoms with Crippen LogP contribution in [0.25, 0.3) is 10.8 Å². The standard InChI is InChI=1S/C32H37FN2O2/c33-27-13-11-23(12-14-27)24-15-17-34(18-16-24)20-26-21-35(22-30(26)31-10-3-4-19-37-31)32(36)29-9-5-7-25-6-1-2-8-28(25)29/h1-2,5-9,11-14,24,26,30-31H,3-4,10,15-22H2. The smallest absolute Gasteiger partial charge is 0.254 e. The number of nitrogens with zero attached hydrogens (tertiary/aromatic N) is 2. The number of benzene rings is 3. The Balaban J connectivity index is 1.16. The average Bonchev–Trinajstić information content (AvgIpc) is 3.37. The van der Waals surface area contributed by atoms with Crippen molar-refractivity contribution in [3.8, 4) is 0 Å².